The monoisotopic (exact) mass is 420 g/mol. The normalized spacial score (nSPS) is 17.3. The zero-order valence-corrected chi connectivity index (χ0v) is 16.2. The van der Waals surface area contributed by atoms with Crippen molar-refractivity contribution in [1.29, 1.82) is 0 Å². The molecule has 2 aromatic carbocycles. The van der Waals surface area contributed by atoms with Crippen molar-refractivity contribution in [3.63, 3.8) is 0 Å². The molecule has 1 saturated heterocycles. The summed E-state index contributed by atoms with van der Waals surface area (Å²) in [7, 11) is 0. The first-order chi connectivity index (χ1) is 14.2. The Balaban J connectivity index is 1.61. The lowest BCUT2D eigenvalue weighted by Crippen LogP contribution is -2.49. The van der Waals surface area contributed by atoms with Gasteiger partial charge in [0.25, 0.3) is 0 Å². The predicted molar refractivity (Wildman–Crippen MR) is 105 cm³/mol. The van der Waals surface area contributed by atoms with Crippen LogP contribution in [0.1, 0.15) is 24.8 Å². The first-order valence-corrected chi connectivity index (χ1v) is 9.69. The van der Waals surface area contributed by atoms with Crippen LogP contribution < -0.4 is 5.32 Å². The summed E-state index contributed by atoms with van der Waals surface area (Å²) in [6.45, 7) is 0.322. The van der Waals surface area contributed by atoms with Gasteiger partial charge in [0, 0.05) is 24.7 Å². The average Bonchev–Trinajstić information content (AvgIpc) is 2.74. The van der Waals surface area contributed by atoms with Gasteiger partial charge in [-0.15, -0.1) is 0 Å². The van der Waals surface area contributed by atoms with Crippen molar-refractivity contribution in [3.05, 3.63) is 66.2 Å². The second-order valence-electron chi connectivity index (χ2n) is 7.41. The van der Waals surface area contributed by atoms with Crippen molar-refractivity contribution in [2.75, 3.05) is 18.4 Å². The molecule has 0 aromatic heterocycles. The number of rotatable bonds is 5. The van der Waals surface area contributed by atoms with E-state index in [1.807, 2.05) is 6.07 Å². The summed E-state index contributed by atoms with van der Waals surface area (Å²) in [5.41, 5.74) is -2.96. The Morgan fingerprint density at radius 3 is 2.03 bits per heavy atom. The van der Waals surface area contributed by atoms with E-state index in [0.29, 0.717) is 18.5 Å². The maximum atomic E-state index is 13.6. The van der Waals surface area contributed by atoms with E-state index in [1.165, 1.54) is 23.1 Å². The summed E-state index contributed by atoms with van der Waals surface area (Å²) >= 11 is 0. The number of benzene rings is 2. The number of carbonyl (C=O) groups excluding carboxylic acids is 2. The number of hydrogen-bond donors (Lipinski definition) is 2. The molecule has 0 saturated carbocycles. The Morgan fingerprint density at radius 1 is 0.967 bits per heavy atom. The van der Waals surface area contributed by atoms with Crippen LogP contribution >= 0.6 is 0 Å². The minimum absolute atomic E-state index is 0.161. The van der Waals surface area contributed by atoms with Gasteiger partial charge in [-0.2, -0.15) is 13.2 Å². The van der Waals surface area contributed by atoms with Gasteiger partial charge in [0.05, 0.1) is 6.42 Å². The summed E-state index contributed by atoms with van der Waals surface area (Å²) in [5, 5.41) is 13.2. The van der Waals surface area contributed by atoms with Crippen molar-refractivity contribution in [2.24, 2.45) is 5.92 Å². The zero-order chi connectivity index (χ0) is 21.8. The third kappa shape index (κ3) is 4.81. The van der Waals surface area contributed by atoms with Crippen molar-refractivity contribution >= 4 is 17.5 Å². The largest absolute Gasteiger partial charge is 0.421 e. The number of halogens is 3. The average molecular weight is 420 g/mol. The van der Waals surface area contributed by atoms with Crippen LogP contribution in [0.25, 0.3) is 0 Å². The van der Waals surface area contributed by atoms with E-state index >= 15 is 0 Å². The fourth-order valence-corrected chi connectivity index (χ4v) is 3.57. The number of anilines is 1. The Bertz CT molecular complexity index is 866. The molecule has 0 aliphatic carbocycles. The molecule has 1 fully saturated rings. The van der Waals surface area contributed by atoms with Crippen LogP contribution in [-0.4, -0.2) is 41.1 Å². The number of hydrogen-bond acceptors (Lipinski definition) is 3. The number of para-hydroxylation sites is 1. The lowest BCUT2D eigenvalue weighted by Gasteiger charge is -2.35. The number of likely N-dealkylation sites (tertiary alicyclic amines) is 1. The highest BCUT2D eigenvalue weighted by Crippen LogP contribution is 2.42. The molecule has 3 rings (SSSR count). The zero-order valence-electron chi connectivity index (χ0n) is 16.2. The molecule has 30 heavy (non-hydrogen) atoms. The molecule has 0 unspecified atom stereocenters. The molecule has 1 atom stereocenters. The molecule has 2 N–H and O–H groups in total. The minimum Gasteiger partial charge on any atom is -0.376 e. The SMILES string of the molecule is O=C(Nc1ccccc1)C1CCN(C(=O)C[C@@](O)(c2ccccc2)C(F)(F)F)CC1. The summed E-state index contributed by atoms with van der Waals surface area (Å²) in [5.74, 6) is -1.30. The van der Waals surface area contributed by atoms with Gasteiger partial charge >= 0.3 is 6.18 Å². The molecule has 5 nitrogen and oxygen atoms in total. The fraction of sp³-hybridized carbons (Fsp3) is 0.364. The molecule has 1 aliphatic rings. The van der Waals surface area contributed by atoms with E-state index in [2.05, 4.69) is 5.32 Å². The number of alkyl halides is 3. The standard InChI is InChI=1S/C22H23F3N2O3/c23-22(24,25)21(30,17-7-3-1-4-8-17)15-19(28)27-13-11-16(12-14-27)20(29)26-18-9-5-2-6-10-18/h1-10,16,30H,11-15H2,(H,26,29)/t21-/m1/s1. The Hall–Kier alpha value is -2.87. The first kappa shape index (κ1) is 21.8. The predicted octanol–water partition coefficient (Wildman–Crippen LogP) is 3.70. The highest BCUT2D eigenvalue weighted by atomic mass is 19.4. The molecule has 0 radical (unpaired) electrons. The maximum Gasteiger partial charge on any atom is 0.421 e. The number of carbonyl (C=O) groups is 2. The molecule has 2 aromatic rings. The Kier molecular flexibility index (Phi) is 6.45. The van der Waals surface area contributed by atoms with Gasteiger partial charge in [0.2, 0.25) is 11.8 Å². The summed E-state index contributed by atoms with van der Waals surface area (Å²) in [4.78, 5) is 26.2. The molecule has 8 heteroatoms. The van der Waals surface area contributed by atoms with E-state index in [1.54, 1.807) is 24.3 Å². The van der Waals surface area contributed by atoms with Gasteiger partial charge in [-0.1, -0.05) is 48.5 Å². The van der Waals surface area contributed by atoms with Crippen molar-refractivity contribution in [1.82, 2.24) is 4.90 Å². The number of amides is 2. The smallest absolute Gasteiger partial charge is 0.376 e. The first-order valence-electron chi connectivity index (χ1n) is 9.69. The van der Waals surface area contributed by atoms with Gasteiger partial charge < -0.3 is 15.3 Å². The van der Waals surface area contributed by atoms with E-state index < -0.39 is 24.1 Å². The van der Waals surface area contributed by atoms with E-state index in [-0.39, 0.29) is 30.5 Å². The summed E-state index contributed by atoms with van der Waals surface area (Å²) in [6, 6.07) is 15.6. The molecule has 1 aliphatic heterocycles. The summed E-state index contributed by atoms with van der Waals surface area (Å²) < 4.78 is 40.9. The van der Waals surface area contributed by atoms with Crippen LogP contribution in [0.2, 0.25) is 0 Å². The highest BCUT2D eigenvalue weighted by Gasteiger charge is 2.56. The Labute approximate surface area is 172 Å². The van der Waals surface area contributed by atoms with Gasteiger partial charge in [-0.25, -0.2) is 0 Å². The second kappa shape index (κ2) is 8.87. The highest BCUT2D eigenvalue weighted by molar-refractivity contribution is 5.92. The second-order valence-corrected chi connectivity index (χ2v) is 7.41. The van der Waals surface area contributed by atoms with E-state index in [4.69, 9.17) is 0 Å². The van der Waals surface area contributed by atoms with Gasteiger partial charge in [-0.3, -0.25) is 9.59 Å². The lowest BCUT2D eigenvalue weighted by molar-refractivity contribution is -0.268. The third-order valence-electron chi connectivity index (χ3n) is 5.39. The van der Waals surface area contributed by atoms with Crippen LogP contribution in [-0.2, 0) is 15.2 Å². The van der Waals surface area contributed by atoms with Crippen LogP contribution in [0.3, 0.4) is 0 Å². The van der Waals surface area contributed by atoms with Crippen molar-refractivity contribution in [3.8, 4) is 0 Å². The Morgan fingerprint density at radius 2 is 1.50 bits per heavy atom. The molecular weight excluding hydrogens is 397 g/mol. The topological polar surface area (TPSA) is 69.6 Å². The molecule has 2 amide bonds. The van der Waals surface area contributed by atoms with E-state index in [0.717, 1.165) is 12.1 Å². The maximum absolute atomic E-state index is 13.6. The number of aliphatic hydroxyl groups is 1. The van der Waals surface area contributed by atoms with Crippen LogP contribution in [0, 0.1) is 5.92 Å². The molecule has 160 valence electrons. The van der Waals surface area contributed by atoms with Crippen LogP contribution in [0.4, 0.5) is 18.9 Å². The van der Waals surface area contributed by atoms with Gasteiger partial charge in [-0.05, 0) is 30.5 Å². The van der Waals surface area contributed by atoms with Crippen LogP contribution in [0.5, 0.6) is 0 Å². The molecular formula is C22H23F3N2O3. The van der Waals surface area contributed by atoms with Crippen molar-refractivity contribution < 1.29 is 27.9 Å². The number of nitrogens with zero attached hydrogens (tertiary/aromatic N) is 1. The van der Waals surface area contributed by atoms with Crippen LogP contribution in [0.15, 0.2) is 60.7 Å². The van der Waals surface area contributed by atoms with E-state index in [9.17, 15) is 27.9 Å². The third-order valence-corrected chi connectivity index (χ3v) is 5.39. The number of piperidine rings is 1. The molecule has 0 spiro atoms. The molecule has 0 bridgehead atoms. The van der Waals surface area contributed by atoms with Gasteiger partial charge in [0.1, 0.15) is 0 Å². The van der Waals surface area contributed by atoms with Gasteiger partial charge in [0.15, 0.2) is 5.60 Å². The number of nitrogens with one attached hydrogen (secondary N) is 1. The molecule has 1 heterocycles. The minimum atomic E-state index is -5.00. The quantitative estimate of drug-likeness (QED) is 0.775. The fourth-order valence-electron chi connectivity index (χ4n) is 3.57. The summed E-state index contributed by atoms with van der Waals surface area (Å²) in [6.07, 6.45) is -5.40. The van der Waals surface area contributed by atoms with Crippen molar-refractivity contribution in [2.45, 2.75) is 31.0 Å². The lowest BCUT2D eigenvalue weighted by atomic mass is 9.88.